The molecule has 0 spiro atoms. The Bertz CT molecular complexity index is 898. The summed E-state index contributed by atoms with van der Waals surface area (Å²) in [5, 5.41) is 20.2. The van der Waals surface area contributed by atoms with Gasteiger partial charge in [-0.15, -0.1) is 0 Å². The van der Waals surface area contributed by atoms with E-state index in [9.17, 15) is 9.65 Å². The first-order valence-electron chi connectivity index (χ1n) is 10.1. The lowest BCUT2D eigenvalue weighted by Crippen LogP contribution is -2.70. The van der Waals surface area contributed by atoms with Crippen molar-refractivity contribution in [2.75, 3.05) is 29.9 Å². The topological polar surface area (TPSA) is 94.7 Å². The van der Waals surface area contributed by atoms with Crippen LogP contribution in [0.5, 0.6) is 0 Å². The van der Waals surface area contributed by atoms with E-state index in [1.54, 1.807) is 17.1 Å². The van der Waals surface area contributed by atoms with Crippen molar-refractivity contribution in [3.63, 3.8) is 0 Å². The molecule has 0 aromatic carbocycles. The first-order chi connectivity index (χ1) is 14.0. The van der Waals surface area contributed by atoms with Gasteiger partial charge in [0.25, 0.3) is 0 Å². The van der Waals surface area contributed by atoms with Gasteiger partial charge in [-0.1, -0.05) is 0 Å². The van der Waals surface area contributed by atoms with Gasteiger partial charge in [0.15, 0.2) is 0 Å². The number of nitrogens with zero attached hydrogens (tertiary/aromatic N) is 6. The van der Waals surface area contributed by atoms with Gasteiger partial charge in [0, 0.05) is 38.1 Å². The van der Waals surface area contributed by atoms with Crippen molar-refractivity contribution in [2.45, 2.75) is 44.3 Å². The molecule has 2 fully saturated rings. The van der Waals surface area contributed by atoms with Crippen molar-refractivity contribution in [2.24, 2.45) is 13.0 Å². The van der Waals surface area contributed by atoms with Gasteiger partial charge in [-0.3, -0.25) is 4.68 Å². The second kappa shape index (κ2) is 7.95. The summed E-state index contributed by atoms with van der Waals surface area (Å²) >= 11 is 0. The van der Waals surface area contributed by atoms with Gasteiger partial charge < -0.3 is 15.5 Å². The molecular weight excluding hydrogens is 371 g/mol. The first kappa shape index (κ1) is 19.6. The van der Waals surface area contributed by atoms with E-state index >= 15 is 0 Å². The van der Waals surface area contributed by atoms with E-state index in [0.29, 0.717) is 44.2 Å². The van der Waals surface area contributed by atoms with E-state index in [1.165, 1.54) is 0 Å². The van der Waals surface area contributed by atoms with Crippen LogP contribution in [0, 0.1) is 24.2 Å². The van der Waals surface area contributed by atoms with Crippen molar-refractivity contribution >= 4 is 17.5 Å². The van der Waals surface area contributed by atoms with Crippen LogP contribution < -0.4 is 15.5 Å². The number of rotatable bonds is 7. The Labute approximate surface area is 170 Å². The molecule has 29 heavy (non-hydrogen) atoms. The van der Waals surface area contributed by atoms with Gasteiger partial charge in [0.1, 0.15) is 12.0 Å². The zero-order valence-corrected chi connectivity index (χ0v) is 16.9. The summed E-state index contributed by atoms with van der Waals surface area (Å²) in [6, 6.07) is 2.31. The van der Waals surface area contributed by atoms with Gasteiger partial charge >= 0.3 is 0 Å². The molecule has 2 aromatic heterocycles. The van der Waals surface area contributed by atoms with E-state index in [4.69, 9.17) is 0 Å². The van der Waals surface area contributed by atoms with Crippen LogP contribution in [0.25, 0.3) is 0 Å². The predicted molar refractivity (Wildman–Crippen MR) is 109 cm³/mol. The molecule has 154 valence electrons. The summed E-state index contributed by atoms with van der Waals surface area (Å²) < 4.78 is 15.2. The fourth-order valence-electron chi connectivity index (χ4n) is 4.26. The molecule has 0 bridgehead atoms. The van der Waals surface area contributed by atoms with Crippen molar-refractivity contribution in [1.82, 2.24) is 25.1 Å². The lowest BCUT2D eigenvalue weighted by Gasteiger charge is -2.51. The maximum atomic E-state index is 13.4. The van der Waals surface area contributed by atoms with Crippen molar-refractivity contribution in [3.05, 3.63) is 24.2 Å². The van der Waals surface area contributed by atoms with Crippen LogP contribution in [0.15, 0.2) is 18.6 Å². The van der Waals surface area contributed by atoms with Crippen LogP contribution in [0.3, 0.4) is 0 Å². The van der Waals surface area contributed by atoms with Crippen LogP contribution in [0.1, 0.15) is 31.2 Å². The molecule has 0 amide bonds. The van der Waals surface area contributed by atoms with Crippen molar-refractivity contribution in [1.29, 1.82) is 5.26 Å². The summed E-state index contributed by atoms with van der Waals surface area (Å²) in [6.45, 7) is 4.17. The molecule has 0 unspecified atom stereocenters. The normalized spacial score (nSPS) is 22.9. The molecule has 4 rings (SSSR count). The second-order valence-corrected chi connectivity index (χ2v) is 8.36. The predicted octanol–water partition coefficient (Wildman–Crippen LogP) is 2.46. The lowest BCUT2D eigenvalue weighted by atomic mass is 9.85. The van der Waals surface area contributed by atoms with Gasteiger partial charge in [-0.05, 0) is 38.6 Å². The molecule has 1 saturated carbocycles. The summed E-state index contributed by atoms with van der Waals surface area (Å²) in [6.07, 6.45) is 7.37. The number of halogens is 1. The smallest absolute Gasteiger partial charge is 0.229 e. The van der Waals surface area contributed by atoms with Crippen LogP contribution in [0.2, 0.25) is 0 Å². The van der Waals surface area contributed by atoms with Crippen molar-refractivity contribution < 1.29 is 4.39 Å². The highest BCUT2D eigenvalue weighted by molar-refractivity contribution is 5.57. The summed E-state index contributed by atoms with van der Waals surface area (Å²) in [5.41, 5.74) is 1.56. The van der Waals surface area contributed by atoms with Gasteiger partial charge in [0.2, 0.25) is 5.95 Å². The molecule has 3 heterocycles. The average molecular weight is 398 g/mol. The lowest BCUT2D eigenvalue weighted by molar-refractivity contribution is 0.239. The fraction of sp³-hybridized carbons (Fsp3) is 0.600. The molecule has 2 aliphatic rings. The van der Waals surface area contributed by atoms with E-state index < -0.39 is 6.17 Å². The standard InChI is InChI=1S/C20H27FN8/c1-14-8-23-19(26-17-10-25-28(2)11-17)27-18(14)29-12-20(13-29,5-6-22)24-9-15-3-4-16(21)7-15/h8,10-11,15-16,24H,3-5,7,9,12-13H2,1-2H3,(H,23,26,27)/t15-,16+/m1/s1. The highest BCUT2D eigenvalue weighted by Crippen LogP contribution is 2.33. The Balaban J connectivity index is 1.41. The molecule has 1 aliphatic carbocycles. The molecule has 9 heteroatoms. The number of hydrogen-bond acceptors (Lipinski definition) is 7. The molecule has 8 nitrogen and oxygen atoms in total. The third kappa shape index (κ3) is 4.32. The second-order valence-electron chi connectivity index (χ2n) is 8.36. The minimum atomic E-state index is -0.666. The third-order valence-electron chi connectivity index (χ3n) is 5.85. The molecule has 0 radical (unpaired) electrons. The van der Waals surface area contributed by atoms with E-state index in [1.807, 2.05) is 20.2 Å². The maximum Gasteiger partial charge on any atom is 0.229 e. The molecule has 1 aliphatic heterocycles. The number of anilines is 3. The fourth-order valence-corrected chi connectivity index (χ4v) is 4.26. The monoisotopic (exact) mass is 398 g/mol. The third-order valence-corrected chi connectivity index (χ3v) is 5.85. The van der Waals surface area contributed by atoms with Crippen LogP contribution >= 0.6 is 0 Å². The zero-order valence-electron chi connectivity index (χ0n) is 16.9. The van der Waals surface area contributed by atoms with Crippen LogP contribution in [-0.2, 0) is 7.05 Å². The summed E-state index contributed by atoms with van der Waals surface area (Å²) in [7, 11) is 1.85. The number of aryl methyl sites for hydroxylation is 2. The van der Waals surface area contributed by atoms with Gasteiger partial charge in [-0.2, -0.15) is 15.3 Å². The summed E-state index contributed by atoms with van der Waals surface area (Å²) in [5.74, 6) is 1.75. The number of nitriles is 1. The molecule has 2 aromatic rings. The van der Waals surface area contributed by atoms with Gasteiger partial charge in [0.05, 0.1) is 29.9 Å². The highest BCUT2D eigenvalue weighted by Gasteiger charge is 2.44. The molecule has 1 saturated heterocycles. The number of hydrogen-bond donors (Lipinski definition) is 2. The first-order valence-corrected chi connectivity index (χ1v) is 10.1. The Morgan fingerprint density at radius 3 is 2.83 bits per heavy atom. The molecule has 2 N–H and O–H groups in total. The number of alkyl halides is 1. The SMILES string of the molecule is Cc1cnc(Nc2cnn(C)c2)nc1N1CC(CC#N)(NC[C@@H]2CC[C@H](F)C2)C1. The largest absolute Gasteiger partial charge is 0.352 e. The maximum absolute atomic E-state index is 13.4. The molecular formula is C20H27FN8. The summed E-state index contributed by atoms with van der Waals surface area (Å²) in [4.78, 5) is 11.2. The van der Waals surface area contributed by atoms with E-state index in [-0.39, 0.29) is 5.54 Å². The quantitative estimate of drug-likeness (QED) is 0.740. The van der Waals surface area contributed by atoms with Gasteiger partial charge in [-0.25, -0.2) is 9.37 Å². The molecule has 2 atom stereocenters. The van der Waals surface area contributed by atoms with E-state index in [2.05, 4.69) is 36.7 Å². The highest BCUT2D eigenvalue weighted by atomic mass is 19.1. The average Bonchev–Trinajstić information content (AvgIpc) is 3.26. The minimum absolute atomic E-state index is 0.252. The number of nitrogens with one attached hydrogen (secondary N) is 2. The number of aromatic nitrogens is 4. The van der Waals surface area contributed by atoms with Crippen LogP contribution in [-0.4, -0.2) is 51.1 Å². The Kier molecular flexibility index (Phi) is 5.37. The Morgan fingerprint density at radius 2 is 2.17 bits per heavy atom. The Hall–Kier alpha value is -2.73. The van der Waals surface area contributed by atoms with Crippen LogP contribution in [0.4, 0.5) is 21.8 Å². The zero-order chi connectivity index (χ0) is 20.4. The van der Waals surface area contributed by atoms with E-state index in [0.717, 1.165) is 30.0 Å². The minimum Gasteiger partial charge on any atom is -0.352 e. The Morgan fingerprint density at radius 1 is 1.34 bits per heavy atom. The van der Waals surface area contributed by atoms with Crippen molar-refractivity contribution in [3.8, 4) is 6.07 Å².